The second-order valence-electron chi connectivity index (χ2n) is 3.38. The average molecular weight is 227 g/mol. The van der Waals surface area contributed by atoms with Crippen LogP contribution in [0.2, 0.25) is 0 Å². The topological polar surface area (TPSA) is 20.2 Å². The first kappa shape index (κ1) is 8.27. The number of aliphatic hydroxyl groups is 1. The van der Waals surface area contributed by atoms with E-state index < -0.39 is 0 Å². The molecule has 1 nitrogen and oxygen atoms in total. The highest BCUT2D eigenvalue weighted by Gasteiger charge is 2.28. The first-order chi connectivity index (χ1) is 5.75. The maximum atomic E-state index is 9.14. The maximum absolute atomic E-state index is 9.14. The number of hydrogen-bond acceptors (Lipinski definition) is 1. The van der Waals surface area contributed by atoms with Crippen molar-refractivity contribution in [1.29, 1.82) is 0 Å². The molecule has 64 valence electrons. The number of benzene rings is 1. The molecule has 1 aromatic carbocycles. The minimum absolute atomic E-state index is 0.0611. The van der Waals surface area contributed by atoms with Crippen LogP contribution in [0.4, 0.5) is 0 Å². The van der Waals surface area contributed by atoms with Gasteiger partial charge < -0.3 is 5.11 Å². The lowest BCUT2D eigenvalue weighted by molar-refractivity contribution is 0.0746. The Morgan fingerprint density at radius 2 is 2.08 bits per heavy atom. The summed E-state index contributed by atoms with van der Waals surface area (Å²) in [5, 5.41) is 9.14. The van der Waals surface area contributed by atoms with Gasteiger partial charge in [0.2, 0.25) is 0 Å². The van der Waals surface area contributed by atoms with Crippen molar-refractivity contribution in [2.45, 2.75) is 24.9 Å². The SMILES string of the molecule is OC1CC(c2cccc(Br)c2)C1. The smallest absolute Gasteiger partial charge is 0.0552 e. The van der Waals surface area contributed by atoms with Crippen LogP contribution in [0.15, 0.2) is 28.7 Å². The molecule has 0 radical (unpaired) electrons. The predicted molar refractivity (Wildman–Crippen MR) is 52.1 cm³/mol. The summed E-state index contributed by atoms with van der Waals surface area (Å²) in [5.74, 6) is 0.581. The van der Waals surface area contributed by atoms with Gasteiger partial charge >= 0.3 is 0 Å². The lowest BCUT2D eigenvalue weighted by Crippen LogP contribution is -2.26. The van der Waals surface area contributed by atoms with Gasteiger partial charge in [-0.1, -0.05) is 28.1 Å². The van der Waals surface area contributed by atoms with E-state index in [-0.39, 0.29) is 6.10 Å². The summed E-state index contributed by atoms with van der Waals surface area (Å²) in [6.07, 6.45) is 1.79. The summed E-state index contributed by atoms with van der Waals surface area (Å²) < 4.78 is 1.13. The summed E-state index contributed by atoms with van der Waals surface area (Å²) in [5.41, 5.74) is 1.34. The van der Waals surface area contributed by atoms with E-state index in [1.807, 2.05) is 12.1 Å². The molecule has 2 rings (SSSR count). The molecule has 1 aliphatic carbocycles. The zero-order valence-corrected chi connectivity index (χ0v) is 8.29. The molecule has 0 aromatic heterocycles. The third-order valence-corrected chi connectivity index (χ3v) is 2.93. The quantitative estimate of drug-likeness (QED) is 0.781. The first-order valence-corrected chi connectivity index (χ1v) is 4.98. The molecule has 0 saturated heterocycles. The van der Waals surface area contributed by atoms with Gasteiger partial charge in [0.05, 0.1) is 6.10 Å². The third-order valence-electron chi connectivity index (χ3n) is 2.43. The molecule has 0 amide bonds. The fourth-order valence-corrected chi connectivity index (χ4v) is 2.04. The Morgan fingerprint density at radius 1 is 1.33 bits per heavy atom. The van der Waals surface area contributed by atoms with Crippen molar-refractivity contribution in [1.82, 2.24) is 0 Å². The molecule has 0 heterocycles. The van der Waals surface area contributed by atoms with Gasteiger partial charge in [0.25, 0.3) is 0 Å². The molecule has 0 bridgehead atoms. The van der Waals surface area contributed by atoms with Crippen LogP contribution in [0.25, 0.3) is 0 Å². The largest absolute Gasteiger partial charge is 0.393 e. The normalized spacial score (nSPS) is 28.2. The van der Waals surface area contributed by atoms with Crippen molar-refractivity contribution in [2.75, 3.05) is 0 Å². The highest BCUT2D eigenvalue weighted by Crippen LogP contribution is 2.37. The number of halogens is 1. The van der Waals surface area contributed by atoms with E-state index in [0.717, 1.165) is 17.3 Å². The van der Waals surface area contributed by atoms with E-state index in [1.165, 1.54) is 5.56 Å². The van der Waals surface area contributed by atoms with Gasteiger partial charge in [-0.2, -0.15) is 0 Å². The van der Waals surface area contributed by atoms with Crippen molar-refractivity contribution >= 4 is 15.9 Å². The van der Waals surface area contributed by atoms with E-state index in [1.54, 1.807) is 0 Å². The first-order valence-electron chi connectivity index (χ1n) is 4.19. The van der Waals surface area contributed by atoms with Crippen LogP contribution in [-0.2, 0) is 0 Å². The van der Waals surface area contributed by atoms with Gasteiger partial charge in [-0.25, -0.2) is 0 Å². The molecule has 1 aliphatic rings. The number of hydrogen-bond donors (Lipinski definition) is 1. The molecular formula is C10H11BrO. The molecule has 0 aliphatic heterocycles. The number of aliphatic hydroxyl groups excluding tert-OH is 1. The lowest BCUT2D eigenvalue weighted by Gasteiger charge is -2.31. The fourth-order valence-electron chi connectivity index (χ4n) is 1.62. The Hall–Kier alpha value is -0.340. The van der Waals surface area contributed by atoms with Crippen LogP contribution < -0.4 is 0 Å². The van der Waals surface area contributed by atoms with Gasteiger partial charge in [0, 0.05) is 4.47 Å². The summed E-state index contributed by atoms with van der Waals surface area (Å²) in [6.45, 7) is 0. The Bertz CT molecular complexity index is 279. The standard InChI is InChI=1S/C10H11BrO/c11-9-3-1-2-7(4-9)8-5-10(12)6-8/h1-4,8,10,12H,5-6H2. The lowest BCUT2D eigenvalue weighted by atomic mass is 9.78. The molecule has 12 heavy (non-hydrogen) atoms. The van der Waals surface area contributed by atoms with E-state index in [4.69, 9.17) is 5.11 Å². The summed E-state index contributed by atoms with van der Waals surface area (Å²) >= 11 is 3.44. The number of rotatable bonds is 1. The van der Waals surface area contributed by atoms with Crippen LogP contribution in [0.3, 0.4) is 0 Å². The molecule has 1 saturated carbocycles. The highest BCUT2D eigenvalue weighted by atomic mass is 79.9. The van der Waals surface area contributed by atoms with Crippen LogP contribution in [0.5, 0.6) is 0 Å². The monoisotopic (exact) mass is 226 g/mol. The second kappa shape index (κ2) is 3.19. The second-order valence-corrected chi connectivity index (χ2v) is 4.29. The Kier molecular flexibility index (Phi) is 2.20. The third kappa shape index (κ3) is 1.54. The van der Waals surface area contributed by atoms with Crippen LogP contribution in [0, 0.1) is 0 Å². The summed E-state index contributed by atoms with van der Waals surface area (Å²) in [7, 11) is 0. The molecule has 0 spiro atoms. The molecule has 0 atom stereocenters. The van der Waals surface area contributed by atoms with E-state index >= 15 is 0 Å². The van der Waals surface area contributed by atoms with E-state index in [9.17, 15) is 0 Å². The van der Waals surface area contributed by atoms with Crippen molar-refractivity contribution in [3.05, 3.63) is 34.3 Å². The molecule has 1 aromatic rings. The van der Waals surface area contributed by atoms with Gasteiger partial charge in [0.1, 0.15) is 0 Å². The Morgan fingerprint density at radius 3 is 2.67 bits per heavy atom. The fraction of sp³-hybridized carbons (Fsp3) is 0.400. The molecule has 0 unspecified atom stereocenters. The van der Waals surface area contributed by atoms with Crippen molar-refractivity contribution in [2.24, 2.45) is 0 Å². The van der Waals surface area contributed by atoms with Gasteiger partial charge in [-0.05, 0) is 36.5 Å². The predicted octanol–water partition coefficient (Wildman–Crippen LogP) is 2.69. The molecule has 1 N–H and O–H groups in total. The highest BCUT2D eigenvalue weighted by molar-refractivity contribution is 9.10. The summed E-state index contributed by atoms with van der Waals surface area (Å²) in [6, 6.07) is 8.33. The minimum atomic E-state index is -0.0611. The Balaban J connectivity index is 2.13. The average Bonchev–Trinajstić information content (AvgIpc) is 1.99. The van der Waals surface area contributed by atoms with Gasteiger partial charge in [-0.3, -0.25) is 0 Å². The summed E-state index contributed by atoms with van der Waals surface area (Å²) in [4.78, 5) is 0. The van der Waals surface area contributed by atoms with Crippen LogP contribution in [-0.4, -0.2) is 11.2 Å². The van der Waals surface area contributed by atoms with Crippen molar-refractivity contribution in [3.63, 3.8) is 0 Å². The molecule has 2 heteroatoms. The van der Waals surface area contributed by atoms with Gasteiger partial charge in [0.15, 0.2) is 0 Å². The van der Waals surface area contributed by atoms with E-state index in [0.29, 0.717) is 5.92 Å². The zero-order valence-electron chi connectivity index (χ0n) is 6.70. The molecule has 1 fully saturated rings. The van der Waals surface area contributed by atoms with Crippen LogP contribution in [0.1, 0.15) is 24.3 Å². The molecular weight excluding hydrogens is 216 g/mol. The Labute approximate surface area is 80.5 Å². The van der Waals surface area contributed by atoms with E-state index in [2.05, 4.69) is 28.1 Å². The van der Waals surface area contributed by atoms with Gasteiger partial charge in [-0.15, -0.1) is 0 Å². The maximum Gasteiger partial charge on any atom is 0.0552 e. The van der Waals surface area contributed by atoms with Crippen molar-refractivity contribution in [3.8, 4) is 0 Å². The van der Waals surface area contributed by atoms with Crippen molar-refractivity contribution < 1.29 is 5.11 Å². The minimum Gasteiger partial charge on any atom is -0.393 e. The van der Waals surface area contributed by atoms with Crippen LogP contribution >= 0.6 is 15.9 Å². The zero-order chi connectivity index (χ0) is 8.55.